The van der Waals surface area contributed by atoms with Crippen LogP contribution in [0.25, 0.3) is 10.9 Å². The molecule has 2 amide bonds. The molecule has 1 aliphatic heterocycles. The van der Waals surface area contributed by atoms with Crippen LogP contribution in [0.4, 0.5) is 23.8 Å². The first-order valence-corrected chi connectivity index (χ1v) is 9.38. The van der Waals surface area contributed by atoms with Crippen molar-refractivity contribution in [3.05, 3.63) is 23.8 Å². The van der Waals surface area contributed by atoms with Crippen LogP contribution in [-0.4, -0.2) is 58.0 Å². The zero-order chi connectivity index (χ0) is 22.3. The Labute approximate surface area is 171 Å². The van der Waals surface area contributed by atoms with Gasteiger partial charge in [0.25, 0.3) is 0 Å². The van der Waals surface area contributed by atoms with Crippen LogP contribution < -0.4 is 10.6 Å². The Hall–Kier alpha value is -2.98. The highest BCUT2D eigenvalue weighted by Gasteiger charge is 2.34. The van der Waals surface area contributed by atoms with Crippen LogP contribution in [0, 0.1) is 0 Å². The van der Waals surface area contributed by atoms with Crippen molar-refractivity contribution in [1.29, 1.82) is 0 Å². The molecule has 1 aromatic carbocycles. The number of fused-ring (bicyclic) bond motifs is 1. The summed E-state index contributed by atoms with van der Waals surface area (Å²) in [6, 6.07) is 3.14. The molecule has 2 N–H and O–H groups in total. The summed E-state index contributed by atoms with van der Waals surface area (Å²) in [6.07, 6.45) is -4.91. The summed E-state index contributed by atoms with van der Waals surface area (Å²) in [7, 11) is 1.61. The van der Waals surface area contributed by atoms with Gasteiger partial charge in [-0.2, -0.15) is 18.3 Å². The molecule has 1 saturated heterocycles. The second kappa shape index (κ2) is 7.69. The number of nitrogens with zero attached hydrogens (tertiary/aromatic N) is 3. The fourth-order valence-corrected chi connectivity index (χ4v) is 3.06. The van der Waals surface area contributed by atoms with Crippen LogP contribution in [0.15, 0.2) is 18.2 Å². The Bertz CT molecular complexity index is 959. The monoisotopic (exact) mass is 427 g/mol. The topological polar surface area (TPSA) is 88.5 Å². The number of halogens is 3. The summed E-state index contributed by atoms with van der Waals surface area (Å²) < 4.78 is 45.7. The fraction of sp³-hybridized carbons (Fsp3) is 0.526. The van der Waals surface area contributed by atoms with Gasteiger partial charge in [-0.1, -0.05) is 0 Å². The number of benzene rings is 1. The number of likely N-dealkylation sites (tertiary alicyclic amines) is 1. The Morgan fingerprint density at radius 2 is 1.90 bits per heavy atom. The molecule has 0 bridgehead atoms. The molecule has 0 saturated carbocycles. The van der Waals surface area contributed by atoms with Gasteiger partial charge >= 0.3 is 12.3 Å². The highest BCUT2D eigenvalue weighted by atomic mass is 19.4. The van der Waals surface area contributed by atoms with Crippen molar-refractivity contribution in [2.45, 2.75) is 38.6 Å². The lowest BCUT2D eigenvalue weighted by Gasteiger charge is -2.39. The first-order chi connectivity index (χ1) is 13.8. The summed E-state index contributed by atoms with van der Waals surface area (Å²) in [5.74, 6) is -0.160. The summed E-state index contributed by atoms with van der Waals surface area (Å²) in [4.78, 5) is 25.5. The minimum atomic E-state index is -4.47. The standard InChI is InChI=1S/C19H24F3N5O3/c1-18(2,3)30-17(29)27-9-12(10-27)24-15(28)8-23-16-13-7-11(19(20,21)22)5-6-14(13)26(4)25-16/h5-7,12H,8-10H2,1-4H3,(H,23,25)(H,24,28). The van der Waals surface area contributed by atoms with Crippen molar-refractivity contribution in [3.8, 4) is 0 Å². The molecule has 11 heteroatoms. The number of hydrogen-bond donors (Lipinski definition) is 2. The van der Waals surface area contributed by atoms with Crippen molar-refractivity contribution in [2.24, 2.45) is 7.05 Å². The number of carbonyl (C=O) groups excluding carboxylic acids is 2. The second-order valence-corrected chi connectivity index (χ2v) is 8.21. The lowest BCUT2D eigenvalue weighted by molar-refractivity contribution is -0.137. The molecule has 0 aliphatic carbocycles. The van der Waals surface area contributed by atoms with Gasteiger partial charge in [-0.25, -0.2) is 4.79 Å². The van der Waals surface area contributed by atoms with E-state index in [-0.39, 0.29) is 29.7 Å². The number of aromatic nitrogens is 2. The smallest absolute Gasteiger partial charge is 0.416 e. The maximum atomic E-state index is 13.0. The molecule has 1 aromatic heterocycles. The first-order valence-electron chi connectivity index (χ1n) is 9.38. The molecule has 0 radical (unpaired) electrons. The van der Waals surface area contributed by atoms with Crippen molar-refractivity contribution >= 4 is 28.7 Å². The number of rotatable bonds is 4. The van der Waals surface area contributed by atoms with Gasteiger partial charge in [-0.15, -0.1) is 0 Å². The molecular weight excluding hydrogens is 403 g/mol. The van der Waals surface area contributed by atoms with E-state index in [4.69, 9.17) is 4.74 Å². The minimum Gasteiger partial charge on any atom is -0.444 e. The van der Waals surface area contributed by atoms with Crippen molar-refractivity contribution in [3.63, 3.8) is 0 Å². The SMILES string of the molecule is Cn1nc(NCC(=O)NC2CN(C(=O)OC(C)(C)C)C2)c2cc(C(F)(F)F)ccc21. The second-order valence-electron chi connectivity index (χ2n) is 8.21. The van der Waals surface area contributed by atoms with E-state index in [0.717, 1.165) is 12.1 Å². The number of hydrogen-bond acceptors (Lipinski definition) is 5. The highest BCUT2D eigenvalue weighted by Crippen LogP contribution is 2.33. The summed E-state index contributed by atoms with van der Waals surface area (Å²) in [5, 5.41) is 9.98. The van der Waals surface area contributed by atoms with Crippen LogP contribution in [0.5, 0.6) is 0 Å². The maximum Gasteiger partial charge on any atom is 0.416 e. The molecule has 1 fully saturated rings. The van der Waals surface area contributed by atoms with E-state index in [0.29, 0.717) is 18.6 Å². The van der Waals surface area contributed by atoms with Crippen LogP contribution in [0.3, 0.4) is 0 Å². The number of aryl methyl sites for hydroxylation is 1. The average Bonchev–Trinajstić information content (AvgIpc) is 2.89. The van der Waals surface area contributed by atoms with Gasteiger partial charge in [-0.05, 0) is 39.0 Å². The predicted octanol–water partition coefficient (Wildman–Crippen LogP) is 2.74. The average molecular weight is 427 g/mol. The van der Waals surface area contributed by atoms with Gasteiger partial charge in [0.1, 0.15) is 5.60 Å². The molecular formula is C19H24F3N5O3. The fourth-order valence-electron chi connectivity index (χ4n) is 3.06. The van der Waals surface area contributed by atoms with Crippen LogP contribution >= 0.6 is 0 Å². The molecule has 3 rings (SSSR count). The third kappa shape index (κ3) is 4.95. The molecule has 164 valence electrons. The number of amides is 2. The number of nitrogens with one attached hydrogen (secondary N) is 2. The number of carbonyl (C=O) groups is 2. The number of anilines is 1. The normalized spacial score (nSPS) is 15.1. The zero-order valence-electron chi connectivity index (χ0n) is 17.1. The van der Waals surface area contributed by atoms with Crippen LogP contribution in [0.1, 0.15) is 26.3 Å². The van der Waals surface area contributed by atoms with E-state index in [2.05, 4.69) is 15.7 Å². The van der Waals surface area contributed by atoms with Crippen LogP contribution in [-0.2, 0) is 22.8 Å². The minimum absolute atomic E-state index is 0.161. The largest absolute Gasteiger partial charge is 0.444 e. The quantitative estimate of drug-likeness (QED) is 0.784. The van der Waals surface area contributed by atoms with E-state index >= 15 is 0 Å². The molecule has 2 heterocycles. The third-order valence-corrected chi connectivity index (χ3v) is 4.49. The van der Waals surface area contributed by atoms with Gasteiger partial charge in [0.2, 0.25) is 5.91 Å². The summed E-state index contributed by atoms with van der Waals surface area (Å²) in [6.45, 7) is 5.83. The van der Waals surface area contributed by atoms with Crippen molar-refractivity contribution in [1.82, 2.24) is 20.0 Å². The lowest BCUT2D eigenvalue weighted by atomic mass is 10.1. The Balaban J connectivity index is 1.54. The van der Waals surface area contributed by atoms with E-state index in [1.165, 1.54) is 15.6 Å². The van der Waals surface area contributed by atoms with E-state index in [1.54, 1.807) is 27.8 Å². The van der Waals surface area contributed by atoms with Gasteiger partial charge in [-0.3, -0.25) is 9.48 Å². The summed E-state index contributed by atoms with van der Waals surface area (Å²) in [5.41, 5.74) is -0.864. The molecule has 2 aromatic rings. The molecule has 0 spiro atoms. The lowest BCUT2D eigenvalue weighted by Crippen LogP contribution is -2.62. The predicted molar refractivity (Wildman–Crippen MR) is 104 cm³/mol. The van der Waals surface area contributed by atoms with Gasteiger partial charge in [0, 0.05) is 25.5 Å². The van der Waals surface area contributed by atoms with E-state index in [1.807, 2.05) is 0 Å². The number of ether oxygens (including phenoxy) is 1. The molecule has 30 heavy (non-hydrogen) atoms. The molecule has 0 unspecified atom stereocenters. The molecule has 0 atom stereocenters. The Morgan fingerprint density at radius 3 is 2.50 bits per heavy atom. The van der Waals surface area contributed by atoms with E-state index < -0.39 is 23.4 Å². The van der Waals surface area contributed by atoms with Crippen molar-refractivity contribution in [2.75, 3.05) is 25.0 Å². The Kier molecular flexibility index (Phi) is 5.57. The highest BCUT2D eigenvalue weighted by molar-refractivity contribution is 5.92. The third-order valence-electron chi connectivity index (χ3n) is 4.49. The van der Waals surface area contributed by atoms with Gasteiger partial charge < -0.3 is 20.3 Å². The van der Waals surface area contributed by atoms with E-state index in [9.17, 15) is 22.8 Å². The Morgan fingerprint density at radius 1 is 1.23 bits per heavy atom. The van der Waals surface area contributed by atoms with Crippen molar-refractivity contribution < 1.29 is 27.5 Å². The van der Waals surface area contributed by atoms with Gasteiger partial charge in [0.15, 0.2) is 5.82 Å². The molecule has 1 aliphatic rings. The number of alkyl halides is 3. The molecule has 8 nitrogen and oxygen atoms in total. The van der Waals surface area contributed by atoms with Crippen LogP contribution in [0.2, 0.25) is 0 Å². The van der Waals surface area contributed by atoms with Gasteiger partial charge in [0.05, 0.1) is 23.7 Å². The maximum absolute atomic E-state index is 13.0. The summed E-state index contributed by atoms with van der Waals surface area (Å²) >= 11 is 0. The zero-order valence-corrected chi connectivity index (χ0v) is 17.1. The first kappa shape index (κ1) is 21.7.